The van der Waals surface area contributed by atoms with E-state index < -0.39 is 29.7 Å². The molecule has 1 aliphatic heterocycles. The number of rotatable bonds is 6. The molecule has 1 saturated heterocycles. The minimum absolute atomic E-state index is 0.264. The van der Waals surface area contributed by atoms with Gasteiger partial charge in [-0.2, -0.15) is 0 Å². The Bertz CT molecular complexity index is 1450. The second-order valence-electron chi connectivity index (χ2n) is 10.3. The van der Waals surface area contributed by atoms with Crippen molar-refractivity contribution in [1.82, 2.24) is 4.90 Å². The van der Waals surface area contributed by atoms with E-state index in [0.29, 0.717) is 13.0 Å². The molecule has 196 valence electrons. The Labute approximate surface area is 229 Å². The third kappa shape index (κ3) is 4.23. The maximum Gasteiger partial charge on any atom is 0.303 e. The minimum atomic E-state index is -0.679. The lowest BCUT2D eigenvalue weighted by Crippen LogP contribution is -2.52. The summed E-state index contributed by atoms with van der Waals surface area (Å²) in [6.45, 7) is 3.24. The van der Waals surface area contributed by atoms with Crippen molar-refractivity contribution in [3.8, 4) is 11.1 Å². The molecule has 0 N–H and O–H groups in total. The molecule has 0 aromatic heterocycles. The number of benzene rings is 4. The monoisotopic (exact) mass is 517 g/mol. The first kappa shape index (κ1) is 25.1. The molecule has 6 rings (SSSR count). The summed E-state index contributed by atoms with van der Waals surface area (Å²) in [4.78, 5) is 27.1. The predicted molar refractivity (Wildman–Crippen MR) is 150 cm³/mol. The van der Waals surface area contributed by atoms with Gasteiger partial charge in [0.15, 0.2) is 12.2 Å². The van der Waals surface area contributed by atoms with Gasteiger partial charge in [0.2, 0.25) is 0 Å². The van der Waals surface area contributed by atoms with Crippen LogP contribution in [0.1, 0.15) is 36.1 Å². The highest BCUT2D eigenvalue weighted by molar-refractivity contribution is 5.83. The lowest BCUT2D eigenvalue weighted by molar-refractivity contribution is -0.162. The third-order valence-electron chi connectivity index (χ3n) is 7.98. The number of fused-ring (bicyclic) bond motifs is 3. The van der Waals surface area contributed by atoms with E-state index in [4.69, 9.17) is 9.47 Å². The summed E-state index contributed by atoms with van der Waals surface area (Å²) in [7, 11) is 0. The van der Waals surface area contributed by atoms with Gasteiger partial charge in [-0.25, -0.2) is 0 Å². The van der Waals surface area contributed by atoms with Crippen LogP contribution in [0.5, 0.6) is 0 Å². The number of hydrogen-bond donors (Lipinski definition) is 0. The van der Waals surface area contributed by atoms with Crippen LogP contribution in [0.3, 0.4) is 0 Å². The van der Waals surface area contributed by atoms with Crippen LogP contribution in [-0.2, 0) is 31.0 Å². The molecule has 1 heterocycles. The Morgan fingerprint density at radius 1 is 0.718 bits per heavy atom. The van der Waals surface area contributed by atoms with Crippen molar-refractivity contribution in [3.63, 3.8) is 0 Å². The van der Waals surface area contributed by atoms with Crippen molar-refractivity contribution in [2.75, 3.05) is 6.54 Å². The number of carbonyl (C=O) groups excluding carboxylic acids is 2. The van der Waals surface area contributed by atoms with Crippen LogP contribution in [0, 0.1) is 0 Å². The van der Waals surface area contributed by atoms with Crippen molar-refractivity contribution in [1.29, 1.82) is 0 Å². The summed E-state index contributed by atoms with van der Waals surface area (Å²) in [5.74, 6) is -0.781. The molecule has 0 amide bonds. The summed E-state index contributed by atoms with van der Waals surface area (Å²) in [5, 5.41) is 0. The predicted octanol–water partition coefficient (Wildman–Crippen LogP) is 5.75. The second kappa shape index (κ2) is 10.2. The van der Waals surface area contributed by atoms with Crippen molar-refractivity contribution in [2.24, 2.45) is 0 Å². The number of carbonyl (C=O) groups is 2. The normalized spacial score (nSPS) is 21.1. The van der Waals surface area contributed by atoms with E-state index in [-0.39, 0.29) is 6.04 Å². The number of hydrogen-bond acceptors (Lipinski definition) is 5. The van der Waals surface area contributed by atoms with E-state index >= 15 is 0 Å². The van der Waals surface area contributed by atoms with Crippen LogP contribution in [0.25, 0.3) is 11.1 Å². The molecule has 0 unspecified atom stereocenters. The summed E-state index contributed by atoms with van der Waals surface area (Å²) in [5.41, 5.74) is 6.24. The standard InChI is InChI=1S/C34H31NO4/c1-23(36)38-32-22-35(31(33(32)39-24(2)37)21-25-13-5-3-6-14-25)34(26-15-7-4-8-16-26)29-19-11-9-17-27(29)28-18-10-12-20-30(28)34/h3-20,31-33H,21-22H2,1-2H3/t31-,32-,33-/m0/s1. The molecule has 2 aliphatic rings. The lowest BCUT2D eigenvalue weighted by atomic mass is 9.78. The summed E-state index contributed by atoms with van der Waals surface area (Å²) < 4.78 is 11.9. The topological polar surface area (TPSA) is 55.8 Å². The molecule has 3 atom stereocenters. The minimum Gasteiger partial charge on any atom is -0.457 e. The third-order valence-corrected chi connectivity index (χ3v) is 7.98. The van der Waals surface area contributed by atoms with E-state index in [1.807, 2.05) is 24.3 Å². The molecule has 5 nitrogen and oxygen atoms in total. The summed E-state index contributed by atoms with van der Waals surface area (Å²) in [6.07, 6.45) is -0.622. The van der Waals surface area contributed by atoms with E-state index in [9.17, 15) is 9.59 Å². The zero-order chi connectivity index (χ0) is 27.0. The van der Waals surface area contributed by atoms with E-state index in [0.717, 1.165) is 11.1 Å². The highest BCUT2D eigenvalue weighted by Gasteiger charge is 2.58. The zero-order valence-electron chi connectivity index (χ0n) is 22.1. The van der Waals surface area contributed by atoms with Crippen molar-refractivity contribution >= 4 is 11.9 Å². The van der Waals surface area contributed by atoms with Gasteiger partial charge >= 0.3 is 11.9 Å². The van der Waals surface area contributed by atoms with E-state index in [1.54, 1.807) is 0 Å². The fourth-order valence-electron chi connectivity index (χ4n) is 6.67. The molecular formula is C34H31NO4. The van der Waals surface area contributed by atoms with Crippen LogP contribution in [0.2, 0.25) is 0 Å². The van der Waals surface area contributed by atoms with Gasteiger partial charge < -0.3 is 9.47 Å². The molecule has 4 aromatic rings. The van der Waals surface area contributed by atoms with Gasteiger partial charge in [0.25, 0.3) is 0 Å². The van der Waals surface area contributed by atoms with Gasteiger partial charge in [-0.1, -0.05) is 109 Å². The number of likely N-dealkylation sites (tertiary alicyclic amines) is 1. The lowest BCUT2D eigenvalue weighted by Gasteiger charge is -2.45. The Morgan fingerprint density at radius 2 is 1.23 bits per heavy atom. The quantitative estimate of drug-likeness (QED) is 0.305. The molecule has 0 bridgehead atoms. The number of esters is 2. The molecule has 0 radical (unpaired) electrons. The Kier molecular flexibility index (Phi) is 6.53. The van der Waals surface area contributed by atoms with E-state index in [1.165, 1.54) is 36.1 Å². The molecule has 1 fully saturated rings. The first-order valence-corrected chi connectivity index (χ1v) is 13.4. The van der Waals surface area contributed by atoms with Crippen LogP contribution < -0.4 is 0 Å². The molecule has 0 spiro atoms. The van der Waals surface area contributed by atoms with Gasteiger partial charge in [0.1, 0.15) is 0 Å². The maximum absolute atomic E-state index is 12.4. The largest absolute Gasteiger partial charge is 0.457 e. The first-order chi connectivity index (χ1) is 19.0. The second-order valence-corrected chi connectivity index (χ2v) is 10.3. The maximum atomic E-state index is 12.4. The van der Waals surface area contributed by atoms with Crippen molar-refractivity contribution in [3.05, 3.63) is 131 Å². The van der Waals surface area contributed by atoms with Crippen LogP contribution in [0.4, 0.5) is 0 Å². The van der Waals surface area contributed by atoms with Gasteiger partial charge in [-0.05, 0) is 39.8 Å². The van der Waals surface area contributed by atoms with Crippen LogP contribution in [-0.4, -0.2) is 41.6 Å². The van der Waals surface area contributed by atoms with Gasteiger partial charge in [0, 0.05) is 20.4 Å². The average Bonchev–Trinajstić information content (AvgIpc) is 3.42. The average molecular weight is 518 g/mol. The summed E-state index contributed by atoms with van der Waals surface area (Å²) in [6, 6.07) is 37.5. The Balaban J connectivity index is 1.62. The molecular weight excluding hydrogens is 486 g/mol. The molecule has 0 saturated carbocycles. The van der Waals surface area contributed by atoms with Gasteiger partial charge in [-0.3, -0.25) is 14.5 Å². The molecule has 4 aromatic carbocycles. The summed E-state index contributed by atoms with van der Waals surface area (Å²) >= 11 is 0. The Hall–Kier alpha value is -4.22. The van der Waals surface area contributed by atoms with Crippen LogP contribution in [0.15, 0.2) is 109 Å². The molecule has 1 aliphatic carbocycles. The molecule has 5 heteroatoms. The Morgan fingerprint density at radius 3 is 1.79 bits per heavy atom. The van der Waals surface area contributed by atoms with Crippen molar-refractivity contribution in [2.45, 2.75) is 44.1 Å². The smallest absolute Gasteiger partial charge is 0.303 e. The van der Waals surface area contributed by atoms with Gasteiger partial charge in [-0.15, -0.1) is 0 Å². The molecule has 39 heavy (non-hydrogen) atoms. The van der Waals surface area contributed by atoms with E-state index in [2.05, 4.69) is 89.8 Å². The fraction of sp³-hybridized carbons (Fsp3) is 0.235. The highest BCUT2D eigenvalue weighted by atomic mass is 16.6. The van der Waals surface area contributed by atoms with Crippen molar-refractivity contribution < 1.29 is 19.1 Å². The van der Waals surface area contributed by atoms with Crippen LogP contribution >= 0.6 is 0 Å². The number of nitrogens with zero attached hydrogens (tertiary/aromatic N) is 1. The first-order valence-electron chi connectivity index (χ1n) is 13.4. The number of ether oxygens (including phenoxy) is 2. The zero-order valence-corrected chi connectivity index (χ0v) is 22.1. The SMILES string of the molecule is CC(=O)O[C@@H]1[C@@H](OC(C)=O)CN(C2(c3ccccc3)c3ccccc3-c3ccccc32)[C@H]1Cc1ccccc1. The van der Waals surface area contributed by atoms with Gasteiger partial charge in [0.05, 0.1) is 11.6 Å². The highest BCUT2D eigenvalue weighted by Crippen LogP contribution is 2.56. The fourth-order valence-corrected chi connectivity index (χ4v) is 6.67.